The molecule has 0 spiro atoms. The highest BCUT2D eigenvalue weighted by atomic mass is 31.1. The minimum atomic E-state index is -2.20. The highest BCUT2D eigenvalue weighted by Gasteiger charge is 2.19. The molecule has 1 aromatic carbocycles. The van der Waals surface area contributed by atoms with Gasteiger partial charge < -0.3 is 0 Å². The van der Waals surface area contributed by atoms with E-state index in [1.807, 2.05) is 18.2 Å². The molecule has 0 saturated heterocycles. The van der Waals surface area contributed by atoms with Gasteiger partial charge in [0.25, 0.3) is 0 Å². The Morgan fingerprint density at radius 3 is 1.95 bits per heavy atom. The molecule has 0 amide bonds. The predicted molar refractivity (Wildman–Crippen MR) is 91.4 cm³/mol. The Kier molecular flexibility index (Phi) is 10.4. The highest BCUT2D eigenvalue weighted by Crippen LogP contribution is 2.18. The molecule has 0 bridgehead atoms. The van der Waals surface area contributed by atoms with Crippen LogP contribution >= 0.6 is 8.03 Å². The van der Waals surface area contributed by atoms with Crippen LogP contribution in [0, 0.1) is 0 Å². The molecule has 1 unspecified atom stereocenters. The lowest BCUT2D eigenvalue weighted by atomic mass is 10.0. The van der Waals surface area contributed by atoms with Crippen molar-refractivity contribution in [2.45, 2.75) is 77.6 Å². The molecule has 0 fully saturated rings. The SMILES string of the molecule is CCCCCCCCCCCCc1ccccc1[P+](=O)O. The van der Waals surface area contributed by atoms with E-state index in [0.29, 0.717) is 5.30 Å². The zero-order valence-corrected chi connectivity index (χ0v) is 14.3. The van der Waals surface area contributed by atoms with E-state index in [4.69, 9.17) is 0 Å². The van der Waals surface area contributed by atoms with Crippen molar-refractivity contribution in [2.24, 2.45) is 0 Å². The molecule has 1 aromatic rings. The zero-order valence-electron chi connectivity index (χ0n) is 13.4. The summed E-state index contributed by atoms with van der Waals surface area (Å²) in [6, 6.07) is 7.53. The Hall–Kier alpha value is -0.720. The second kappa shape index (κ2) is 11.9. The number of aryl methyl sites for hydroxylation is 1. The molecule has 0 radical (unpaired) electrons. The van der Waals surface area contributed by atoms with Gasteiger partial charge in [-0.1, -0.05) is 82.9 Å². The fraction of sp³-hybridized carbons (Fsp3) is 0.667. The second-order valence-corrected chi connectivity index (χ2v) is 6.86. The first-order valence-corrected chi connectivity index (χ1v) is 9.71. The highest BCUT2D eigenvalue weighted by molar-refractivity contribution is 7.47. The predicted octanol–water partition coefficient (Wildman–Crippen LogP) is 5.51. The summed E-state index contributed by atoms with van der Waals surface area (Å²) in [4.78, 5) is 9.28. The van der Waals surface area contributed by atoms with Gasteiger partial charge in [0.2, 0.25) is 5.30 Å². The van der Waals surface area contributed by atoms with Crippen LogP contribution in [0.25, 0.3) is 0 Å². The average molecular weight is 309 g/mol. The van der Waals surface area contributed by atoms with Crippen molar-refractivity contribution < 1.29 is 9.46 Å². The maximum atomic E-state index is 11.3. The van der Waals surface area contributed by atoms with Crippen molar-refractivity contribution in [3.05, 3.63) is 29.8 Å². The van der Waals surface area contributed by atoms with Gasteiger partial charge in [-0.2, -0.15) is 4.89 Å². The van der Waals surface area contributed by atoms with Gasteiger partial charge in [-0.3, -0.25) is 0 Å². The largest absolute Gasteiger partial charge is 0.546 e. The molecule has 1 atom stereocenters. The molecule has 3 heteroatoms. The Labute approximate surface area is 130 Å². The molecule has 0 heterocycles. The van der Waals surface area contributed by atoms with Crippen LogP contribution in [0.3, 0.4) is 0 Å². The van der Waals surface area contributed by atoms with Gasteiger partial charge in [0.05, 0.1) is 0 Å². The molecular formula is C18H30O2P+. The van der Waals surface area contributed by atoms with Crippen molar-refractivity contribution >= 4 is 13.3 Å². The Bertz CT molecular complexity index is 404. The monoisotopic (exact) mass is 309 g/mol. The first kappa shape index (κ1) is 18.3. The van der Waals surface area contributed by atoms with E-state index in [2.05, 4.69) is 6.92 Å². The van der Waals surface area contributed by atoms with Gasteiger partial charge in [-0.15, -0.1) is 0 Å². The molecule has 118 valence electrons. The first-order valence-electron chi connectivity index (χ1n) is 8.49. The smallest absolute Gasteiger partial charge is 0.156 e. The lowest BCUT2D eigenvalue weighted by molar-refractivity contribution is 0.513. The van der Waals surface area contributed by atoms with Gasteiger partial charge in [-0.25, -0.2) is 0 Å². The van der Waals surface area contributed by atoms with Gasteiger partial charge in [0.1, 0.15) is 0 Å². The van der Waals surface area contributed by atoms with Crippen molar-refractivity contribution in [3.63, 3.8) is 0 Å². The summed E-state index contributed by atoms with van der Waals surface area (Å²) in [5.41, 5.74) is 1.04. The van der Waals surface area contributed by atoms with E-state index >= 15 is 0 Å². The van der Waals surface area contributed by atoms with Crippen molar-refractivity contribution in [2.75, 3.05) is 0 Å². The van der Waals surface area contributed by atoms with Gasteiger partial charge in [0.15, 0.2) is 0 Å². The van der Waals surface area contributed by atoms with E-state index in [0.717, 1.165) is 18.4 Å². The maximum absolute atomic E-state index is 11.3. The molecule has 0 aliphatic rings. The fourth-order valence-electron chi connectivity index (χ4n) is 2.71. The molecule has 2 nitrogen and oxygen atoms in total. The summed E-state index contributed by atoms with van der Waals surface area (Å²) in [6.07, 6.45) is 14.1. The van der Waals surface area contributed by atoms with Crippen molar-refractivity contribution in [3.8, 4) is 0 Å². The third-order valence-corrected chi connectivity index (χ3v) is 4.85. The van der Waals surface area contributed by atoms with E-state index in [1.165, 1.54) is 57.8 Å². The molecule has 0 aliphatic carbocycles. The van der Waals surface area contributed by atoms with E-state index in [1.54, 1.807) is 6.07 Å². The summed E-state index contributed by atoms with van der Waals surface area (Å²) in [6.45, 7) is 2.26. The lowest BCUT2D eigenvalue weighted by Crippen LogP contribution is -2.04. The molecule has 21 heavy (non-hydrogen) atoms. The Morgan fingerprint density at radius 1 is 0.857 bits per heavy atom. The minimum absolute atomic E-state index is 0.614. The Balaban J connectivity index is 2.06. The van der Waals surface area contributed by atoms with Crippen LogP contribution in [-0.4, -0.2) is 4.89 Å². The van der Waals surface area contributed by atoms with E-state index < -0.39 is 8.03 Å². The maximum Gasteiger partial charge on any atom is 0.546 e. The summed E-state index contributed by atoms with van der Waals surface area (Å²) >= 11 is 0. The van der Waals surface area contributed by atoms with Crippen LogP contribution in [0.2, 0.25) is 0 Å². The zero-order chi connectivity index (χ0) is 15.3. The van der Waals surface area contributed by atoms with Gasteiger partial charge in [0, 0.05) is 5.56 Å². The van der Waals surface area contributed by atoms with Gasteiger partial charge in [-0.05, 0) is 23.5 Å². The van der Waals surface area contributed by atoms with Crippen LogP contribution in [-0.2, 0) is 11.0 Å². The minimum Gasteiger partial charge on any atom is -0.156 e. The molecule has 0 aromatic heterocycles. The topological polar surface area (TPSA) is 37.3 Å². The Morgan fingerprint density at radius 2 is 1.38 bits per heavy atom. The van der Waals surface area contributed by atoms with Crippen LogP contribution in [0.4, 0.5) is 0 Å². The van der Waals surface area contributed by atoms with Crippen LogP contribution < -0.4 is 5.30 Å². The molecular weight excluding hydrogens is 279 g/mol. The van der Waals surface area contributed by atoms with Gasteiger partial charge >= 0.3 is 8.03 Å². The number of rotatable bonds is 12. The summed E-state index contributed by atoms with van der Waals surface area (Å²) in [5, 5.41) is 0.614. The molecule has 0 saturated carbocycles. The normalized spacial score (nSPS) is 11.6. The summed E-state index contributed by atoms with van der Waals surface area (Å²) in [7, 11) is -2.20. The van der Waals surface area contributed by atoms with Crippen LogP contribution in [0.1, 0.15) is 76.7 Å². The first-order chi connectivity index (χ1) is 10.3. The average Bonchev–Trinajstić information content (AvgIpc) is 2.49. The third kappa shape index (κ3) is 8.34. The van der Waals surface area contributed by atoms with Crippen molar-refractivity contribution in [1.29, 1.82) is 0 Å². The number of benzene rings is 1. The van der Waals surface area contributed by atoms with Crippen LogP contribution in [0.5, 0.6) is 0 Å². The molecule has 1 rings (SSSR count). The summed E-state index contributed by atoms with van der Waals surface area (Å²) < 4.78 is 11.3. The number of hydrogen-bond donors (Lipinski definition) is 1. The fourth-order valence-corrected chi connectivity index (χ4v) is 3.36. The van der Waals surface area contributed by atoms with Crippen LogP contribution in [0.15, 0.2) is 24.3 Å². The molecule has 1 N–H and O–H groups in total. The standard InChI is InChI=1S/C18H29O2P/c1-2-3-4-5-6-7-8-9-10-11-14-17-15-12-13-16-18(17)21(19)20/h12-13,15-16H,2-11,14H2,1H3/p+1. The second-order valence-electron chi connectivity index (χ2n) is 5.83. The lowest BCUT2D eigenvalue weighted by Gasteiger charge is -2.03. The van der Waals surface area contributed by atoms with E-state index in [9.17, 15) is 9.46 Å². The third-order valence-electron chi connectivity index (χ3n) is 4.00. The number of unbranched alkanes of at least 4 members (excludes halogenated alkanes) is 9. The quantitative estimate of drug-likeness (QED) is 0.408. The summed E-state index contributed by atoms with van der Waals surface area (Å²) in [5.74, 6) is 0. The van der Waals surface area contributed by atoms with E-state index in [-0.39, 0.29) is 0 Å². The van der Waals surface area contributed by atoms with Crippen molar-refractivity contribution in [1.82, 2.24) is 0 Å². The molecule has 0 aliphatic heterocycles. The number of hydrogen-bond acceptors (Lipinski definition) is 1.